The van der Waals surface area contributed by atoms with Crippen LogP contribution < -0.4 is 11.1 Å². The molecule has 3 N–H and O–H groups in total. The fourth-order valence-electron chi connectivity index (χ4n) is 1.54. The van der Waals surface area contributed by atoms with E-state index in [0.717, 1.165) is 27.1 Å². The maximum atomic E-state index is 6.03. The van der Waals surface area contributed by atoms with Gasteiger partial charge in [0.25, 0.3) is 0 Å². The molecule has 88 valence electrons. The topological polar surface area (TPSA) is 38.0 Å². The summed E-state index contributed by atoms with van der Waals surface area (Å²) in [5.74, 6) is 0. The van der Waals surface area contributed by atoms with E-state index >= 15 is 0 Å². The van der Waals surface area contributed by atoms with Crippen LogP contribution in [0, 0.1) is 6.92 Å². The molecule has 0 aliphatic rings. The van der Waals surface area contributed by atoms with Gasteiger partial charge in [-0.25, -0.2) is 0 Å². The molecular formula is C13H12BrClN2. The molecule has 2 aromatic rings. The third-order valence-electron chi connectivity index (χ3n) is 2.55. The van der Waals surface area contributed by atoms with Crippen LogP contribution in [0.15, 0.2) is 40.9 Å². The fourth-order valence-corrected chi connectivity index (χ4v) is 2.07. The highest BCUT2D eigenvalue weighted by molar-refractivity contribution is 9.10. The molecule has 0 radical (unpaired) electrons. The van der Waals surface area contributed by atoms with Crippen LogP contribution >= 0.6 is 27.5 Å². The Labute approximate surface area is 114 Å². The van der Waals surface area contributed by atoms with E-state index in [0.29, 0.717) is 5.02 Å². The Balaban J connectivity index is 2.38. The van der Waals surface area contributed by atoms with E-state index in [1.165, 1.54) is 0 Å². The molecule has 0 fully saturated rings. The average molecular weight is 312 g/mol. The van der Waals surface area contributed by atoms with E-state index in [-0.39, 0.29) is 0 Å². The summed E-state index contributed by atoms with van der Waals surface area (Å²) in [7, 11) is 0. The standard InChI is InChI=1S/C13H12BrClN2/c1-8-4-2-7-11(13(8)16)17-10-6-3-5-9(15)12(10)14/h2-7,17H,16H2,1H3. The Morgan fingerprint density at radius 3 is 2.53 bits per heavy atom. The molecule has 0 unspecified atom stereocenters. The summed E-state index contributed by atoms with van der Waals surface area (Å²) in [6, 6.07) is 11.5. The lowest BCUT2D eigenvalue weighted by molar-refractivity contribution is 1.44. The number of nitrogens with two attached hydrogens (primary N) is 1. The quantitative estimate of drug-likeness (QED) is 0.786. The number of aryl methyl sites for hydroxylation is 1. The van der Waals surface area contributed by atoms with E-state index in [2.05, 4.69) is 21.2 Å². The summed E-state index contributed by atoms with van der Waals surface area (Å²) < 4.78 is 0.836. The minimum Gasteiger partial charge on any atom is -0.397 e. The molecule has 0 atom stereocenters. The molecule has 2 nitrogen and oxygen atoms in total. The molecule has 0 amide bonds. The third kappa shape index (κ3) is 2.56. The summed E-state index contributed by atoms with van der Waals surface area (Å²) in [5.41, 5.74) is 9.59. The van der Waals surface area contributed by atoms with Crippen molar-refractivity contribution >= 4 is 44.6 Å². The lowest BCUT2D eigenvalue weighted by Gasteiger charge is -2.13. The monoisotopic (exact) mass is 310 g/mol. The second kappa shape index (κ2) is 4.98. The van der Waals surface area contributed by atoms with Gasteiger partial charge < -0.3 is 11.1 Å². The first kappa shape index (κ1) is 12.3. The van der Waals surface area contributed by atoms with Crippen molar-refractivity contribution in [2.24, 2.45) is 0 Å². The summed E-state index contributed by atoms with van der Waals surface area (Å²) in [6.45, 7) is 1.98. The molecule has 0 heterocycles. The van der Waals surface area contributed by atoms with Crippen molar-refractivity contribution in [1.82, 2.24) is 0 Å². The molecule has 0 saturated heterocycles. The van der Waals surface area contributed by atoms with Crippen molar-refractivity contribution < 1.29 is 0 Å². The van der Waals surface area contributed by atoms with Gasteiger partial charge in [0, 0.05) is 0 Å². The highest BCUT2D eigenvalue weighted by atomic mass is 79.9. The van der Waals surface area contributed by atoms with Crippen LogP contribution in [0.1, 0.15) is 5.56 Å². The predicted molar refractivity (Wildman–Crippen MR) is 78.0 cm³/mol. The summed E-state index contributed by atoms with van der Waals surface area (Å²) >= 11 is 9.48. The van der Waals surface area contributed by atoms with Crippen molar-refractivity contribution in [1.29, 1.82) is 0 Å². The van der Waals surface area contributed by atoms with Gasteiger partial charge in [0.05, 0.1) is 26.6 Å². The number of hydrogen-bond donors (Lipinski definition) is 2. The third-order valence-corrected chi connectivity index (χ3v) is 3.94. The smallest absolute Gasteiger partial charge is 0.0620 e. The van der Waals surface area contributed by atoms with Crippen LogP contribution in [-0.4, -0.2) is 0 Å². The molecule has 0 aliphatic carbocycles. The van der Waals surface area contributed by atoms with Crippen molar-refractivity contribution in [3.05, 3.63) is 51.5 Å². The molecular weight excluding hydrogens is 300 g/mol. The fraction of sp³-hybridized carbons (Fsp3) is 0.0769. The van der Waals surface area contributed by atoms with E-state index in [1.807, 2.05) is 43.3 Å². The predicted octanol–water partition coefficient (Wildman–Crippen LogP) is 4.74. The molecule has 0 spiro atoms. The number of nitrogens with one attached hydrogen (secondary N) is 1. The van der Waals surface area contributed by atoms with E-state index < -0.39 is 0 Å². The number of anilines is 3. The first-order valence-corrected chi connectivity index (χ1v) is 6.33. The van der Waals surface area contributed by atoms with Gasteiger partial charge in [0.2, 0.25) is 0 Å². The van der Waals surface area contributed by atoms with Crippen LogP contribution in [-0.2, 0) is 0 Å². The Hall–Kier alpha value is -1.19. The Bertz CT molecular complexity index is 506. The Kier molecular flexibility index (Phi) is 3.60. The van der Waals surface area contributed by atoms with Crippen molar-refractivity contribution in [2.45, 2.75) is 6.92 Å². The SMILES string of the molecule is Cc1cccc(Nc2cccc(Cl)c2Br)c1N. The highest BCUT2D eigenvalue weighted by Gasteiger charge is 2.06. The average Bonchev–Trinajstić information content (AvgIpc) is 2.31. The van der Waals surface area contributed by atoms with Crippen LogP contribution in [0.2, 0.25) is 5.02 Å². The number of hydrogen-bond acceptors (Lipinski definition) is 2. The molecule has 4 heteroatoms. The molecule has 2 aromatic carbocycles. The normalized spacial score (nSPS) is 10.3. The lowest BCUT2D eigenvalue weighted by atomic mass is 10.1. The minimum atomic E-state index is 0.668. The lowest BCUT2D eigenvalue weighted by Crippen LogP contribution is -1.98. The first-order valence-electron chi connectivity index (χ1n) is 5.15. The highest BCUT2D eigenvalue weighted by Crippen LogP contribution is 2.34. The number of nitrogen functional groups attached to an aromatic ring is 1. The maximum Gasteiger partial charge on any atom is 0.0620 e. The van der Waals surface area contributed by atoms with E-state index in [1.54, 1.807) is 0 Å². The Morgan fingerprint density at radius 2 is 1.76 bits per heavy atom. The van der Waals surface area contributed by atoms with E-state index in [9.17, 15) is 0 Å². The second-order valence-electron chi connectivity index (χ2n) is 3.76. The van der Waals surface area contributed by atoms with Crippen LogP contribution in [0.25, 0.3) is 0 Å². The largest absolute Gasteiger partial charge is 0.397 e. The summed E-state index contributed by atoms with van der Waals surface area (Å²) in [4.78, 5) is 0. The number of halogens is 2. The van der Waals surface area contributed by atoms with Gasteiger partial charge in [0.15, 0.2) is 0 Å². The number of rotatable bonds is 2. The second-order valence-corrected chi connectivity index (χ2v) is 4.96. The zero-order valence-electron chi connectivity index (χ0n) is 9.30. The van der Waals surface area contributed by atoms with Crippen LogP contribution in [0.4, 0.5) is 17.1 Å². The minimum absolute atomic E-state index is 0.668. The van der Waals surface area contributed by atoms with Crippen molar-refractivity contribution in [2.75, 3.05) is 11.1 Å². The molecule has 0 bridgehead atoms. The molecule has 2 rings (SSSR count). The summed E-state index contributed by atoms with van der Waals surface area (Å²) in [5, 5.41) is 3.93. The van der Waals surface area contributed by atoms with Gasteiger partial charge in [-0.1, -0.05) is 29.8 Å². The Morgan fingerprint density at radius 1 is 1.12 bits per heavy atom. The zero-order valence-corrected chi connectivity index (χ0v) is 11.6. The van der Waals surface area contributed by atoms with Crippen molar-refractivity contribution in [3.8, 4) is 0 Å². The number of benzene rings is 2. The maximum absolute atomic E-state index is 6.03. The molecule has 0 aromatic heterocycles. The van der Waals surface area contributed by atoms with Gasteiger partial charge in [-0.05, 0) is 46.6 Å². The first-order chi connectivity index (χ1) is 8.09. The van der Waals surface area contributed by atoms with Gasteiger partial charge in [0.1, 0.15) is 0 Å². The van der Waals surface area contributed by atoms with Crippen molar-refractivity contribution in [3.63, 3.8) is 0 Å². The van der Waals surface area contributed by atoms with E-state index in [4.69, 9.17) is 17.3 Å². The summed E-state index contributed by atoms with van der Waals surface area (Å²) in [6.07, 6.45) is 0. The van der Waals surface area contributed by atoms with Gasteiger partial charge in [-0.2, -0.15) is 0 Å². The number of para-hydroxylation sites is 1. The molecule has 17 heavy (non-hydrogen) atoms. The van der Waals surface area contributed by atoms with Gasteiger partial charge in [-0.3, -0.25) is 0 Å². The van der Waals surface area contributed by atoms with Gasteiger partial charge >= 0.3 is 0 Å². The van der Waals surface area contributed by atoms with Crippen LogP contribution in [0.5, 0.6) is 0 Å². The zero-order chi connectivity index (χ0) is 12.4. The molecule has 0 saturated carbocycles. The van der Waals surface area contributed by atoms with Crippen LogP contribution in [0.3, 0.4) is 0 Å². The van der Waals surface area contributed by atoms with Gasteiger partial charge in [-0.15, -0.1) is 0 Å². The molecule has 0 aliphatic heterocycles.